The van der Waals surface area contributed by atoms with Gasteiger partial charge in [-0.3, -0.25) is 14.9 Å². The number of nitro benzene ring substituents is 1. The van der Waals surface area contributed by atoms with E-state index < -0.39 is 4.92 Å². The minimum Gasteiger partial charge on any atom is -0.481 e. The van der Waals surface area contributed by atoms with Crippen molar-refractivity contribution in [2.45, 2.75) is 20.0 Å². The van der Waals surface area contributed by atoms with Crippen molar-refractivity contribution in [3.05, 3.63) is 55.8 Å². The predicted octanol–water partition coefficient (Wildman–Crippen LogP) is 3.61. The third-order valence-corrected chi connectivity index (χ3v) is 3.95. The molecule has 0 spiro atoms. The highest BCUT2D eigenvalue weighted by molar-refractivity contribution is 7.11. The SMILES string of the molecule is CCc1ccc(COc2ccc(C=O)cc2[N+](=O)[O-])s1. The quantitative estimate of drug-likeness (QED) is 0.463. The Bertz CT molecular complexity index is 636. The average Bonchev–Trinajstić information content (AvgIpc) is 2.92. The second kappa shape index (κ2) is 6.29. The van der Waals surface area contributed by atoms with E-state index in [1.807, 2.05) is 12.1 Å². The summed E-state index contributed by atoms with van der Waals surface area (Å²) in [5, 5.41) is 11.0. The van der Waals surface area contributed by atoms with Gasteiger partial charge >= 0.3 is 5.69 Å². The zero-order valence-electron chi connectivity index (χ0n) is 10.9. The number of hydrogen-bond acceptors (Lipinski definition) is 5. The van der Waals surface area contributed by atoms with Crippen molar-refractivity contribution < 1.29 is 14.5 Å². The molecule has 20 heavy (non-hydrogen) atoms. The second-order valence-electron chi connectivity index (χ2n) is 4.11. The average molecular weight is 291 g/mol. The summed E-state index contributed by atoms with van der Waals surface area (Å²) in [6, 6.07) is 8.15. The fourth-order valence-electron chi connectivity index (χ4n) is 1.71. The van der Waals surface area contributed by atoms with Crippen molar-refractivity contribution in [2.75, 3.05) is 0 Å². The molecule has 5 nitrogen and oxygen atoms in total. The molecule has 0 fully saturated rings. The van der Waals surface area contributed by atoms with Crippen LogP contribution in [0.3, 0.4) is 0 Å². The largest absolute Gasteiger partial charge is 0.481 e. The van der Waals surface area contributed by atoms with E-state index in [1.54, 1.807) is 11.3 Å². The predicted molar refractivity (Wildman–Crippen MR) is 76.5 cm³/mol. The number of rotatable bonds is 6. The molecule has 1 aromatic heterocycles. The fourth-order valence-corrected chi connectivity index (χ4v) is 2.58. The lowest BCUT2D eigenvalue weighted by Gasteiger charge is -2.05. The topological polar surface area (TPSA) is 69.4 Å². The number of aryl methyl sites for hydroxylation is 1. The molecule has 0 unspecified atom stereocenters. The first-order valence-electron chi connectivity index (χ1n) is 6.08. The van der Waals surface area contributed by atoms with Gasteiger partial charge in [-0.25, -0.2) is 0 Å². The maximum Gasteiger partial charge on any atom is 0.311 e. The van der Waals surface area contributed by atoms with Crippen molar-refractivity contribution in [2.24, 2.45) is 0 Å². The second-order valence-corrected chi connectivity index (χ2v) is 5.37. The maximum atomic E-state index is 11.0. The van der Waals surface area contributed by atoms with Gasteiger partial charge in [0.15, 0.2) is 5.75 Å². The van der Waals surface area contributed by atoms with Crippen molar-refractivity contribution >= 4 is 23.3 Å². The van der Waals surface area contributed by atoms with Gasteiger partial charge in [-0.2, -0.15) is 0 Å². The molecule has 0 aliphatic rings. The van der Waals surface area contributed by atoms with E-state index >= 15 is 0 Å². The minimum absolute atomic E-state index is 0.173. The van der Waals surface area contributed by atoms with Gasteiger partial charge in [-0.1, -0.05) is 6.92 Å². The number of thiophene rings is 1. The summed E-state index contributed by atoms with van der Waals surface area (Å²) in [7, 11) is 0. The van der Waals surface area contributed by atoms with Crippen LogP contribution in [0.1, 0.15) is 27.0 Å². The first-order valence-corrected chi connectivity index (χ1v) is 6.89. The Morgan fingerprint density at radius 1 is 1.30 bits per heavy atom. The van der Waals surface area contributed by atoms with E-state index in [2.05, 4.69) is 6.92 Å². The van der Waals surface area contributed by atoms with Crippen molar-refractivity contribution in [3.8, 4) is 5.75 Å². The van der Waals surface area contributed by atoms with Crippen LogP contribution in [0.2, 0.25) is 0 Å². The number of carbonyl (C=O) groups is 1. The Morgan fingerprint density at radius 2 is 2.05 bits per heavy atom. The highest BCUT2D eigenvalue weighted by Crippen LogP contribution is 2.29. The first-order chi connectivity index (χ1) is 9.63. The smallest absolute Gasteiger partial charge is 0.311 e. The van der Waals surface area contributed by atoms with Gasteiger partial charge < -0.3 is 4.74 Å². The maximum absolute atomic E-state index is 11.0. The third-order valence-electron chi connectivity index (χ3n) is 2.75. The summed E-state index contributed by atoms with van der Waals surface area (Å²) in [6.45, 7) is 2.35. The molecule has 0 N–H and O–H groups in total. The highest BCUT2D eigenvalue weighted by Gasteiger charge is 2.16. The number of aldehydes is 1. The molecule has 2 aromatic rings. The molecular weight excluding hydrogens is 278 g/mol. The van der Waals surface area contributed by atoms with E-state index in [-0.39, 0.29) is 23.6 Å². The molecule has 1 aromatic carbocycles. The zero-order valence-corrected chi connectivity index (χ0v) is 11.7. The summed E-state index contributed by atoms with van der Waals surface area (Å²) in [5.41, 5.74) is 0.0651. The van der Waals surface area contributed by atoms with Gasteiger partial charge in [0.1, 0.15) is 12.9 Å². The highest BCUT2D eigenvalue weighted by atomic mass is 32.1. The van der Waals surface area contributed by atoms with Gasteiger partial charge in [0.05, 0.1) is 4.92 Å². The summed E-state index contributed by atoms with van der Waals surface area (Å²) >= 11 is 1.62. The van der Waals surface area contributed by atoms with E-state index in [9.17, 15) is 14.9 Å². The van der Waals surface area contributed by atoms with Crippen LogP contribution in [-0.2, 0) is 13.0 Å². The number of nitrogens with zero attached hydrogens (tertiary/aromatic N) is 1. The van der Waals surface area contributed by atoms with Crippen LogP contribution in [-0.4, -0.2) is 11.2 Å². The van der Waals surface area contributed by atoms with Crippen molar-refractivity contribution in [1.82, 2.24) is 0 Å². The zero-order chi connectivity index (χ0) is 14.5. The van der Waals surface area contributed by atoms with Crippen LogP contribution in [0.25, 0.3) is 0 Å². The number of nitro groups is 1. The molecule has 0 amide bonds. The molecule has 2 rings (SSSR count). The molecule has 104 valence electrons. The van der Waals surface area contributed by atoms with Crippen LogP contribution in [0.5, 0.6) is 5.75 Å². The van der Waals surface area contributed by atoms with Crippen LogP contribution < -0.4 is 4.74 Å². The molecule has 6 heteroatoms. The van der Waals surface area contributed by atoms with Crippen molar-refractivity contribution in [3.63, 3.8) is 0 Å². The van der Waals surface area contributed by atoms with Gasteiger partial charge in [-0.15, -0.1) is 11.3 Å². The lowest BCUT2D eigenvalue weighted by atomic mass is 10.2. The normalized spacial score (nSPS) is 10.2. The van der Waals surface area contributed by atoms with E-state index in [0.717, 1.165) is 11.3 Å². The van der Waals surface area contributed by atoms with Crippen molar-refractivity contribution in [1.29, 1.82) is 0 Å². The lowest BCUT2D eigenvalue weighted by molar-refractivity contribution is -0.386. The Labute approximate surface area is 120 Å². The molecule has 1 heterocycles. The lowest BCUT2D eigenvalue weighted by Crippen LogP contribution is -1.98. The summed E-state index contributed by atoms with van der Waals surface area (Å²) in [5.74, 6) is 0.173. The standard InChI is InChI=1S/C14H13NO4S/c1-2-11-4-5-12(20-11)9-19-14-6-3-10(8-16)7-13(14)15(17)18/h3-8H,2,9H2,1H3. The van der Waals surface area contributed by atoms with Crippen LogP contribution >= 0.6 is 11.3 Å². The number of ether oxygens (including phenoxy) is 1. The summed E-state index contributed by atoms with van der Waals surface area (Å²) in [4.78, 5) is 23.3. The summed E-state index contributed by atoms with van der Waals surface area (Å²) < 4.78 is 5.49. The summed E-state index contributed by atoms with van der Waals surface area (Å²) in [6.07, 6.45) is 1.53. The Kier molecular flexibility index (Phi) is 4.47. The van der Waals surface area contributed by atoms with Gasteiger partial charge in [0.25, 0.3) is 0 Å². The van der Waals surface area contributed by atoms with Gasteiger partial charge in [0.2, 0.25) is 0 Å². The fraction of sp³-hybridized carbons (Fsp3) is 0.214. The van der Waals surface area contributed by atoms with Crippen LogP contribution in [0.15, 0.2) is 30.3 Å². The van der Waals surface area contributed by atoms with E-state index in [0.29, 0.717) is 6.29 Å². The molecule has 0 atom stereocenters. The Balaban J connectivity index is 2.16. The number of carbonyl (C=O) groups excluding carboxylic acids is 1. The first kappa shape index (κ1) is 14.2. The molecule has 0 saturated heterocycles. The van der Waals surface area contributed by atoms with Crippen LogP contribution in [0.4, 0.5) is 5.69 Å². The number of hydrogen-bond donors (Lipinski definition) is 0. The molecular formula is C14H13NO4S. The number of benzene rings is 1. The van der Waals surface area contributed by atoms with Gasteiger partial charge in [-0.05, 0) is 30.7 Å². The molecule has 0 saturated carbocycles. The Hall–Kier alpha value is -2.21. The molecule has 0 radical (unpaired) electrons. The van der Waals surface area contributed by atoms with Gasteiger partial charge in [0, 0.05) is 21.4 Å². The Morgan fingerprint density at radius 3 is 2.65 bits per heavy atom. The molecule has 0 aliphatic carbocycles. The monoisotopic (exact) mass is 291 g/mol. The molecule has 0 bridgehead atoms. The minimum atomic E-state index is -0.547. The van der Waals surface area contributed by atoms with Crippen LogP contribution in [0, 0.1) is 10.1 Å². The van der Waals surface area contributed by atoms with E-state index in [4.69, 9.17) is 4.74 Å². The van der Waals surface area contributed by atoms with E-state index in [1.165, 1.54) is 23.1 Å². The third kappa shape index (κ3) is 3.21. The molecule has 0 aliphatic heterocycles.